The molecular weight excluding hydrogens is 465 g/mol. The van der Waals surface area contributed by atoms with Gasteiger partial charge in [0.15, 0.2) is 0 Å². The van der Waals surface area contributed by atoms with Gasteiger partial charge in [0, 0.05) is 14.6 Å². The summed E-state index contributed by atoms with van der Waals surface area (Å²) in [5.74, 6) is -0.485. The van der Waals surface area contributed by atoms with Crippen LogP contribution in [0.15, 0.2) is 49.8 Å². The van der Waals surface area contributed by atoms with Crippen molar-refractivity contribution in [3.8, 4) is 5.75 Å². The Morgan fingerprint density at radius 2 is 1.70 bits per heavy atom. The van der Waals surface area contributed by atoms with E-state index in [2.05, 4.69) is 53.1 Å². The van der Waals surface area contributed by atoms with Gasteiger partial charge in [-0.3, -0.25) is 4.79 Å². The smallest absolute Gasteiger partial charge is 1.00 e. The van der Waals surface area contributed by atoms with Gasteiger partial charge in [-0.25, -0.2) is 0 Å². The van der Waals surface area contributed by atoms with Crippen molar-refractivity contribution >= 4 is 59.4 Å². The maximum atomic E-state index is 12.1. The molecule has 0 fully saturated rings. The molecule has 0 aliphatic rings. The van der Waals surface area contributed by atoms with Gasteiger partial charge in [0.2, 0.25) is 0 Å². The molecule has 0 radical (unpaired) electrons. The Kier molecular flexibility index (Phi) is 7.24. The first-order chi connectivity index (χ1) is 9.00. The van der Waals surface area contributed by atoms with Crippen molar-refractivity contribution in [3.63, 3.8) is 0 Å². The summed E-state index contributed by atoms with van der Waals surface area (Å²) in [6.45, 7) is 0. The molecule has 2 rings (SSSR count). The monoisotopic (exact) mass is 471 g/mol. The van der Waals surface area contributed by atoms with Crippen molar-refractivity contribution < 1.29 is 40.9 Å². The topological polar surface area (TPSA) is 49.3 Å². The third-order valence-corrected chi connectivity index (χ3v) is 5.70. The van der Waals surface area contributed by atoms with Gasteiger partial charge in [-0.15, -0.1) is 0 Å². The van der Waals surface area contributed by atoms with Crippen LogP contribution < -0.4 is 34.9 Å². The van der Waals surface area contributed by atoms with Gasteiger partial charge >= 0.3 is 29.6 Å². The summed E-state index contributed by atoms with van der Waals surface area (Å²) in [4.78, 5) is 12.1. The largest absolute Gasteiger partial charge is 1.00 e. The molecule has 0 aliphatic heterocycles. The molecule has 0 spiro atoms. The van der Waals surface area contributed by atoms with Gasteiger partial charge in [-0.2, -0.15) is 0 Å². The van der Waals surface area contributed by atoms with Gasteiger partial charge in [0.1, 0.15) is 5.75 Å². The van der Waals surface area contributed by atoms with E-state index in [1.165, 1.54) is 0 Å². The molecule has 0 atom stereocenters. The summed E-state index contributed by atoms with van der Waals surface area (Å²) >= 11 is 9.84. The molecule has 0 aromatic heterocycles. The number of phenolic OH excluding ortho intramolecular Hbond substituents is 1. The van der Waals surface area contributed by atoms with E-state index in [-0.39, 0.29) is 48.2 Å². The number of benzene rings is 2. The van der Waals surface area contributed by atoms with Crippen molar-refractivity contribution in [1.82, 2.24) is 0 Å². The van der Waals surface area contributed by atoms with Crippen LogP contribution in [0.2, 0.25) is 0 Å². The summed E-state index contributed by atoms with van der Waals surface area (Å²) in [7, 11) is 0. The Bertz CT molecular complexity index is 641. The number of amides is 1. The van der Waals surface area contributed by atoms with Gasteiger partial charge in [0.05, 0.1) is 10.0 Å². The number of carbonyl (C=O) groups excluding carboxylic acids is 1. The molecule has 1 amide bonds. The Morgan fingerprint density at radius 3 is 2.30 bits per heavy atom. The SMILES string of the molecule is O=C(Nc1ccccc1)c1cc(Br)c(Br)c(Br)c1O.[H-].[Na+]. The summed E-state index contributed by atoms with van der Waals surface area (Å²) in [6, 6.07) is 10.6. The van der Waals surface area contributed by atoms with E-state index < -0.39 is 0 Å². The molecule has 0 heterocycles. The zero-order chi connectivity index (χ0) is 14.0. The molecule has 20 heavy (non-hydrogen) atoms. The first-order valence-electron chi connectivity index (χ1n) is 5.23. The predicted molar refractivity (Wildman–Crippen MR) is 86.7 cm³/mol. The van der Waals surface area contributed by atoms with Crippen LogP contribution in [0.4, 0.5) is 5.69 Å². The maximum absolute atomic E-state index is 12.1. The fraction of sp³-hybridized carbons (Fsp3) is 0. The van der Waals surface area contributed by atoms with Crippen LogP contribution in [0.25, 0.3) is 0 Å². The van der Waals surface area contributed by atoms with Crippen LogP contribution >= 0.6 is 47.8 Å². The van der Waals surface area contributed by atoms with E-state index in [1.54, 1.807) is 18.2 Å². The van der Waals surface area contributed by atoms with Gasteiger partial charge in [-0.1, -0.05) is 18.2 Å². The van der Waals surface area contributed by atoms with E-state index in [9.17, 15) is 9.90 Å². The summed E-state index contributed by atoms with van der Waals surface area (Å²) in [5.41, 5.74) is 0.855. The van der Waals surface area contributed by atoms with E-state index in [4.69, 9.17) is 0 Å². The number of hydrogen-bond acceptors (Lipinski definition) is 2. The molecule has 0 aliphatic carbocycles. The molecular formula is C13H9Br3NNaO2. The number of nitrogens with one attached hydrogen (secondary N) is 1. The maximum Gasteiger partial charge on any atom is 1.00 e. The number of anilines is 1. The number of halogens is 3. The summed E-state index contributed by atoms with van der Waals surface area (Å²) < 4.78 is 1.76. The van der Waals surface area contributed by atoms with E-state index in [0.717, 1.165) is 0 Å². The molecule has 2 aromatic carbocycles. The fourth-order valence-electron chi connectivity index (χ4n) is 1.48. The van der Waals surface area contributed by atoms with E-state index in [0.29, 0.717) is 19.1 Å². The van der Waals surface area contributed by atoms with Crippen molar-refractivity contribution in [1.29, 1.82) is 0 Å². The molecule has 0 saturated carbocycles. The summed E-state index contributed by atoms with van der Waals surface area (Å²) in [5, 5.41) is 12.7. The van der Waals surface area contributed by atoms with Crippen LogP contribution in [0.1, 0.15) is 11.8 Å². The molecule has 2 N–H and O–H groups in total. The molecule has 0 bridgehead atoms. The first kappa shape index (κ1) is 18.2. The summed E-state index contributed by atoms with van der Waals surface area (Å²) in [6.07, 6.45) is 0. The molecule has 100 valence electrons. The number of rotatable bonds is 2. The third-order valence-electron chi connectivity index (χ3n) is 2.41. The zero-order valence-corrected chi connectivity index (χ0v) is 17.2. The van der Waals surface area contributed by atoms with Crippen LogP contribution in [-0.2, 0) is 0 Å². The molecule has 7 heteroatoms. The number of aromatic hydroxyl groups is 1. The van der Waals surface area contributed by atoms with Crippen LogP contribution in [0, 0.1) is 0 Å². The van der Waals surface area contributed by atoms with Crippen molar-refractivity contribution in [2.45, 2.75) is 0 Å². The quantitative estimate of drug-likeness (QED) is 0.518. The average Bonchev–Trinajstić information content (AvgIpc) is 2.41. The van der Waals surface area contributed by atoms with Crippen molar-refractivity contribution in [2.75, 3.05) is 5.32 Å². The van der Waals surface area contributed by atoms with E-state index >= 15 is 0 Å². The predicted octanol–water partition coefficient (Wildman–Crippen LogP) is 2.05. The van der Waals surface area contributed by atoms with Gasteiger partial charge < -0.3 is 11.8 Å². The number of para-hydroxylation sites is 1. The standard InChI is InChI=1S/C13H8Br3NO2.Na.H/c14-9-6-8(12(18)11(16)10(9)15)13(19)17-7-4-2-1-3-5-7;;/h1-6,18H,(H,17,19);;/q;+1;-1. The van der Waals surface area contributed by atoms with Crippen molar-refractivity contribution in [2.24, 2.45) is 0 Å². The Morgan fingerprint density at radius 1 is 1.10 bits per heavy atom. The molecule has 3 nitrogen and oxygen atoms in total. The molecule has 2 aromatic rings. The minimum Gasteiger partial charge on any atom is -1.00 e. The van der Waals surface area contributed by atoms with Crippen LogP contribution in [0.3, 0.4) is 0 Å². The number of phenols is 1. The van der Waals surface area contributed by atoms with Crippen molar-refractivity contribution in [3.05, 3.63) is 55.4 Å². The number of carbonyl (C=O) groups is 1. The minimum absolute atomic E-state index is 0. The van der Waals surface area contributed by atoms with Crippen LogP contribution in [-0.4, -0.2) is 11.0 Å². The zero-order valence-electron chi connectivity index (χ0n) is 11.5. The van der Waals surface area contributed by atoms with Crippen LogP contribution in [0.5, 0.6) is 5.75 Å². The number of hydrogen-bond donors (Lipinski definition) is 2. The van der Waals surface area contributed by atoms with E-state index in [1.807, 2.05) is 18.2 Å². The Balaban J connectivity index is 0.00000200. The Hall–Kier alpha value is 0.150. The fourth-order valence-corrected chi connectivity index (χ4v) is 2.90. The first-order valence-corrected chi connectivity index (χ1v) is 7.61. The average molecular weight is 474 g/mol. The minimum atomic E-state index is -0.377. The normalized spacial score (nSPS) is 9.75. The Labute approximate surface area is 165 Å². The van der Waals surface area contributed by atoms with Gasteiger partial charge in [0.25, 0.3) is 5.91 Å². The second-order valence-electron chi connectivity index (χ2n) is 3.70. The third kappa shape index (κ3) is 4.08. The van der Waals surface area contributed by atoms with Gasteiger partial charge in [-0.05, 0) is 66.0 Å². The second-order valence-corrected chi connectivity index (χ2v) is 6.14. The molecule has 0 saturated heterocycles. The molecule has 0 unspecified atom stereocenters. The second kappa shape index (κ2) is 7.96.